The fourth-order valence-corrected chi connectivity index (χ4v) is 1.38. The van der Waals surface area contributed by atoms with Crippen LogP contribution >= 0.6 is 0 Å². The summed E-state index contributed by atoms with van der Waals surface area (Å²) in [5.41, 5.74) is 12.0. The third-order valence-corrected chi connectivity index (χ3v) is 2.34. The van der Waals surface area contributed by atoms with E-state index in [0.29, 0.717) is 25.1 Å². The Morgan fingerprint density at radius 1 is 1.47 bits per heavy atom. The summed E-state index contributed by atoms with van der Waals surface area (Å²) in [6.45, 7) is 2.29. The van der Waals surface area contributed by atoms with Gasteiger partial charge in [0.2, 0.25) is 5.91 Å². The Balaban J connectivity index is 2.47. The van der Waals surface area contributed by atoms with E-state index in [2.05, 4.69) is 15.5 Å². The summed E-state index contributed by atoms with van der Waals surface area (Å²) in [6, 6.07) is 0. The van der Waals surface area contributed by atoms with Gasteiger partial charge in [0, 0.05) is 13.0 Å². The molecule has 0 aliphatic rings. The minimum Gasteiger partial charge on any atom is -0.395 e. The van der Waals surface area contributed by atoms with E-state index in [9.17, 15) is 9.59 Å². The van der Waals surface area contributed by atoms with Gasteiger partial charge in [0.25, 0.3) is 5.91 Å². The lowest BCUT2D eigenvalue weighted by Crippen LogP contribution is -2.26. The van der Waals surface area contributed by atoms with Gasteiger partial charge >= 0.3 is 0 Å². The zero-order chi connectivity index (χ0) is 12.8. The lowest BCUT2D eigenvalue weighted by Gasteiger charge is -2.02. The monoisotopic (exact) mass is 239 g/mol. The van der Waals surface area contributed by atoms with Crippen LogP contribution in [0.5, 0.6) is 0 Å². The molecule has 0 spiro atoms. The van der Waals surface area contributed by atoms with Crippen LogP contribution in [0.1, 0.15) is 35.9 Å². The Kier molecular flexibility index (Phi) is 4.50. The van der Waals surface area contributed by atoms with Crippen molar-refractivity contribution in [3.05, 3.63) is 11.4 Å². The van der Waals surface area contributed by atoms with Gasteiger partial charge in [0.1, 0.15) is 0 Å². The van der Waals surface area contributed by atoms with Crippen LogP contribution in [-0.4, -0.2) is 28.6 Å². The lowest BCUT2D eigenvalue weighted by molar-refractivity contribution is -0.118. The van der Waals surface area contributed by atoms with E-state index in [1.54, 1.807) is 0 Å². The minimum atomic E-state index is -0.383. The first-order valence-electron chi connectivity index (χ1n) is 5.45. The number of hydrogen-bond acceptors (Lipinski definition) is 4. The number of nitrogens with one attached hydrogen (secondary N) is 2. The highest BCUT2D eigenvalue weighted by atomic mass is 16.2. The summed E-state index contributed by atoms with van der Waals surface area (Å²) >= 11 is 0. The Morgan fingerprint density at radius 3 is 2.71 bits per heavy atom. The van der Waals surface area contributed by atoms with E-state index < -0.39 is 0 Å². The van der Waals surface area contributed by atoms with Crippen molar-refractivity contribution < 1.29 is 9.59 Å². The second kappa shape index (κ2) is 5.88. The normalized spacial score (nSPS) is 10.2. The quantitative estimate of drug-likeness (QED) is 0.501. The molecule has 6 N–H and O–H groups in total. The van der Waals surface area contributed by atoms with E-state index in [4.69, 9.17) is 11.5 Å². The summed E-state index contributed by atoms with van der Waals surface area (Å²) in [5.74, 6) is -0.727. The standard InChI is InChI=1S/C10H17N5O2/c1-2-6-8(12)9(15-14-6)10(17)13-5-3-4-7(11)16/h2-5,12H2,1H3,(H2,11,16)(H,13,17)(H,14,15). The summed E-state index contributed by atoms with van der Waals surface area (Å²) < 4.78 is 0. The fraction of sp³-hybridized carbons (Fsp3) is 0.500. The summed E-state index contributed by atoms with van der Waals surface area (Å²) in [4.78, 5) is 22.1. The Morgan fingerprint density at radius 2 is 2.18 bits per heavy atom. The number of H-pyrrole nitrogens is 1. The van der Waals surface area contributed by atoms with Gasteiger partial charge in [-0.25, -0.2) is 0 Å². The topological polar surface area (TPSA) is 127 Å². The number of nitrogens with two attached hydrogens (primary N) is 2. The smallest absolute Gasteiger partial charge is 0.273 e. The predicted molar refractivity (Wildman–Crippen MR) is 63.1 cm³/mol. The maximum absolute atomic E-state index is 11.6. The maximum Gasteiger partial charge on any atom is 0.273 e. The molecule has 0 aliphatic heterocycles. The van der Waals surface area contributed by atoms with Crippen LogP contribution in [0.2, 0.25) is 0 Å². The fourth-order valence-electron chi connectivity index (χ4n) is 1.38. The van der Waals surface area contributed by atoms with Crippen molar-refractivity contribution in [2.24, 2.45) is 5.73 Å². The van der Waals surface area contributed by atoms with Gasteiger partial charge in [-0.2, -0.15) is 5.10 Å². The lowest BCUT2D eigenvalue weighted by atomic mass is 10.2. The number of rotatable bonds is 6. The SMILES string of the molecule is CCc1[nH]nc(C(=O)NCCCC(N)=O)c1N. The van der Waals surface area contributed by atoms with Crippen molar-refractivity contribution in [1.82, 2.24) is 15.5 Å². The summed E-state index contributed by atoms with van der Waals surface area (Å²) in [6.07, 6.45) is 1.44. The molecule has 2 amide bonds. The minimum absolute atomic E-state index is 0.195. The molecule has 0 atom stereocenters. The largest absolute Gasteiger partial charge is 0.395 e. The zero-order valence-electron chi connectivity index (χ0n) is 9.75. The number of amides is 2. The number of aryl methyl sites for hydroxylation is 1. The number of primary amides is 1. The van der Waals surface area contributed by atoms with Crippen molar-refractivity contribution in [2.45, 2.75) is 26.2 Å². The van der Waals surface area contributed by atoms with E-state index in [1.807, 2.05) is 6.92 Å². The van der Waals surface area contributed by atoms with Gasteiger partial charge in [0.15, 0.2) is 5.69 Å². The van der Waals surface area contributed by atoms with E-state index in [-0.39, 0.29) is 23.9 Å². The van der Waals surface area contributed by atoms with E-state index >= 15 is 0 Å². The van der Waals surface area contributed by atoms with Gasteiger partial charge in [0.05, 0.1) is 11.4 Å². The van der Waals surface area contributed by atoms with Gasteiger partial charge in [-0.1, -0.05) is 6.92 Å². The summed E-state index contributed by atoms with van der Waals surface area (Å²) in [7, 11) is 0. The molecule has 94 valence electrons. The van der Waals surface area contributed by atoms with Crippen LogP contribution in [0, 0.1) is 0 Å². The Labute approximate surface area is 98.9 Å². The number of carbonyl (C=O) groups excluding carboxylic acids is 2. The van der Waals surface area contributed by atoms with Gasteiger partial charge in [-0.15, -0.1) is 0 Å². The molecule has 1 aromatic heterocycles. The van der Waals surface area contributed by atoms with Crippen molar-refractivity contribution in [3.8, 4) is 0 Å². The van der Waals surface area contributed by atoms with Gasteiger partial charge in [-0.3, -0.25) is 14.7 Å². The average molecular weight is 239 g/mol. The molecule has 1 aromatic rings. The second-order valence-corrected chi connectivity index (χ2v) is 3.64. The van der Waals surface area contributed by atoms with Crippen LogP contribution in [0.15, 0.2) is 0 Å². The molecule has 1 heterocycles. The molecule has 0 aliphatic carbocycles. The Bertz CT molecular complexity index is 413. The number of carbonyl (C=O) groups is 2. The molecule has 17 heavy (non-hydrogen) atoms. The molecular formula is C10H17N5O2. The number of aromatic amines is 1. The van der Waals surface area contributed by atoms with Crippen LogP contribution in [0.25, 0.3) is 0 Å². The number of anilines is 1. The molecule has 7 nitrogen and oxygen atoms in total. The molecular weight excluding hydrogens is 222 g/mol. The van der Waals surface area contributed by atoms with Crippen molar-refractivity contribution in [2.75, 3.05) is 12.3 Å². The number of aromatic nitrogens is 2. The molecule has 0 saturated carbocycles. The van der Waals surface area contributed by atoms with Crippen LogP contribution in [-0.2, 0) is 11.2 Å². The summed E-state index contributed by atoms with van der Waals surface area (Å²) in [5, 5.41) is 9.17. The first kappa shape index (κ1) is 13.0. The van der Waals surface area contributed by atoms with Gasteiger partial charge in [-0.05, 0) is 12.8 Å². The third-order valence-electron chi connectivity index (χ3n) is 2.34. The molecule has 0 fully saturated rings. The van der Waals surface area contributed by atoms with Crippen LogP contribution < -0.4 is 16.8 Å². The highest BCUT2D eigenvalue weighted by Gasteiger charge is 2.15. The first-order chi connectivity index (χ1) is 8.06. The molecule has 0 unspecified atom stereocenters. The van der Waals surface area contributed by atoms with E-state index in [1.165, 1.54) is 0 Å². The Hall–Kier alpha value is -2.05. The molecule has 0 aromatic carbocycles. The molecule has 0 saturated heterocycles. The number of nitrogens with zero attached hydrogens (tertiary/aromatic N) is 1. The average Bonchev–Trinajstić information content (AvgIpc) is 2.65. The van der Waals surface area contributed by atoms with Gasteiger partial charge < -0.3 is 16.8 Å². The zero-order valence-corrected chi connectivity index (χ0v) is 9.75. The molecule has 0 bridgehead atoms. The second-order valence-electron chi connectivity index (χ2n) is 3.64. The molecule has 1 rings (SSSR count). The molecule has 0 radical (unpaired) electrons. The number of hydrogen-bond donors (Lipinski definition) is 4. The van der Waals surface area contributed by atoms with Crippen LogP contribution in [0.4, 0.5) is 5.69 Å². The highest BCUT2D eigenvalue weighted by molar-refractivity contribution is 5.97. The maximum atomic E-state index is 11.6. The van der Waals surface area contributed by atoms with Crippen LogP contribution in [0.3, 0.4) is 0 Å². The number of nitrogen functional groups attached to an aromatic ring is 1. The predicted octanol–water partition coefficient (Wildman–Crippen LogP) is -0.450. The van der Waals surface area contributed by atoms with Crippen molar-refractivity contribution in [3.63, 3.8) is 0 Å². The van der Waals surface area contributed by atoms with Crippen molar-refractivity contribution >= 4 is 17.5 Å². The third kappa shape index (κ3) is 3.47. The highest BCUT2D eigenvalue weighted by Crippen LogP contribution is 2.13. The first-order valence-corrected chi connectivity index (χ1v) is 5.45. The molecule has 7 heteroatoms. The van der Waals surface area contributed by atoms with E-state index in [0.717, 1.165) is 5.69 Å². The van der Waals surface area contributed by atoms with Crippen molar-refractivity contribution in [1.29, 1.82) is 0 Å².